The topological polar surface area (TPSA) is 39.6 Å². The van der Waals surface area contributed by atoms with Gasteiger partial charge in [-0.15, -0.1) is 11.3 Å². The number of aromatic nitrogens is 1. The van der Waals surface area contributed by atoms with Crippen LogP contribution in [0.2, 0.25) is 5.02 Å². The summed E-state index contributed by atoms with van der Waals surface area (Å²) in [5.41, 5.74) is 1.97. The Morgan fingerprint density at radius 3 is 2.60 bits per heavy atom. The summed E-state index contributed by atoms with van der Waals surface area (Å²) < 4.78 is 0. The van der Waals surface area contributed by atoms with Crippen molar-refractivity contribution in [1.29, 1.82) is 0 Å². The van der Waals surface area contributed by atoms with Gasteiger partial charge in [-0.1, -0.05) is 11.6 Å². The fraction of sp³-hybridized carbons (Fsp3) is 0.357. The zero-order valence-electron chi connectivity index (χ0n) is 11.0. The van der Waals surface area contributed by atoms with Gasteiger partial charge >= 0.3 is 0 Å². The van der Waals surface area contributed by atoms with Crippen molar-refractivity contribution in [2.45, 2.75) is 6.61 Å². The van der Waals surface area contributed by atoms with Gasteiger partial charge in [0.15, 0.2) is 5.13 Å². The van der Waals surface area contributed by atoms with E-state index in [0.717, 1.165) is 42.6 Å². The molecule has 0 spiro atoms. The highest BCUT2D eigenvalue weighted by Gasteiger charge is 2.20. The summed E-state index contributed by atoms with van der Waals surface area (Å²) >= 11 is 7.66. The Morgan fingerprint density at radius 1 is 1.20 bits per heavy atom. The smallest absolute Gasteiger partial charge is 0.185 e. The third-order valence-electron chi connectivity index (χ3n) is 3.52. The predicted octanol–water partition coefficient (Wildman–Crippen LogP) is 2.62. The lowest BCUT2D eigenvalue weighted by molar-refractivity contribution is 0.282. The third-order valence-corrected chi connectivity index (χ3v) is 4.59. The van der Waals surface area contributed by atoms with Crippen LogP contribution >= 0.6 is 22.9 Å². The van der Waals surface area contributed by atoms with Crippen LogP contribution in [0.3, 0.4) is 0 Å². The predicted molar refractivity (Wildman–Crippen MR) is 83.9 cm³/mol. The molecule has 1 aromatic heterocycles. The molecule has 0 amide bonds. The van der Waals surface area contributed by atoms with E-state index in [9.17, 15) is 5.11 Å². The summed E-state index contributed by atoms with van der Waals surface area (Å²) in [6, 6.07) is 5.71. The third kappa shape index (κ3) is 2.75. The zero-order valence-corrected chi connectivity index (χ0v) is 12.6. The minimum absolute atomic E-state index is 0.0165. The molecular weight excluding hydrogens is 294 g/mol. The SMILES string of the molecule is OCc1cc(Cl)ccc1N1CCN(c2nccs2)CC1. The maximum atomic E-state index is 9.47. The normalized spacial score (nSPS) is 15.7. The molecule has 1 N–H and O–H groups in total. The first-order valence-corrected chi connectivity index (χ1v) is 7.82. The number of thiazole rings is 1. The van der Waals surface area contributed by atoms with Crippen LogP contribution in [0.1, 0.15) is 5.56 Å². The highest BCUT2D eigenvalue weighted by Crippen LogP contribution is 2.27. The van der Waals surface area contributed by atoms with Gasteiger partial charge in [0.1, 0.15) is 0 Å². The lowest BCUT2D eigenvalue weighted by Gasteiger charge is -2.36. The average Bonchev–Trinajstić information content (AvgIpc) is 3.01. The quantitative estimate of drug-likeness (QED) is 0.946. The molecule has 0 bridgehead atoms. The number of aliphatic hydroxyl groups excluding tert-OH is 1. The summed E-state index contributed by atoms with van der Waals surface area (Å²) in [5, 5.41) is 13.2. The van der Waals surface area contributed by atoms with E-state index in [0.29, 0.717) is 5.02 Å². The number of hydrogen-bond donors (Lipinski definition) is 1. The number of nitrogens with zero attached hydrogens (tertiary/aromatic N) is 3. The molecule has 1 saturated heterocycles. The van der Waals surface area contributed by atoms with Crippen LogP contribution in [0.4, 0.5) is 10.8 Å². The van der Waals surface area contributed by atoms with E-state index in [1.807, 2.05) is 29.8 Å². The molecule has 3 rings (SSSR count). The molecule has 1 fully saturated rings. The molecule has 1 aliphatic rings. The Kier molecular flexibility index (Phi) is 4.10. The first-order valence-electron chi connectivity index (χ1n) is 6.56. The van der Waals surface area contributed by atoms with Crippen molar-refractivity contribution >= 4 is 33.8 Å². The van der Waals surface area contributed by atoms with E-state index in [2.05, 4.69) is 14.8 Å². The Morgan fingerprint density at radius 2 is 1.95 bits per heavy atom. The minimum atomic E-state index is 0.0165. The summed E-state index contributed by atoms with van der Waals surface area (Å²) in [4.78, 5) is 8.95. The molecule has 20 heavy (non-hydrogen) atoms. The summed E-state index contributed by atoms with van der Waals surface area (Å²) in [5.74, 6) is 0. The molecule has 0 radical (unpaired) electrons. The van der Waals surface area contributed by atoms with Gasteiger partial charge in [-0.05, 0) is 18.2 Å². The van der Waals surface area contributed by atoms with Crippen LogP contribution in [0.15, 0.2) is 29.8 Å². The largest absolute Gasteiger partial charge is 0.392 e. The molecule has 1 aromatic carbocycles. The average molecular weight is 310 g/mol. The van der Waals surface area contributed by atoms with E-state index >= 15 is 0 Å². The first kappa shape index (κ1) is 13.7. The number of hydrogen-bond acceptors (Lipinski definition) is 5. The zero-order chi connectivity index (χ0) is 13.9. The molecular formula is C14H16ClN3OS. The number of benzene rings is 1. The summed E-state index contributed by atoms with van der Waals surface area (Å²) in [7, 11) is 0. The number of aliphatic hydroxyl groups is 1. The molecule has 106 valence electrons. The highest BCUT2D eigenvalue weighted by atomic mass is 35.5. The second-order valence-electron chi connectivity index (χ2n) is 4.72. The van der Waals surface area contributed by atoms with Crippen molar-refractivity contribution < 1.29 is 5.11 Å². The fourth-order valence-corrected chi connectivity index (χ4v) is 3.39. The molecule has 2 aromatic rings. The van der Waals surface area contributed by atoms with E-state index in [1.54, 1.807) is 11.3 Å². The maximum absolute atomic E-state index is 9.47. The Hall–Kier alpha value is -1.30. The van der Waals surface area contributed by atoms with Crippen LogP contribution in [0.25, 0.3) is 0 Å². The molecule has 0 atom stereocenters. The van der Waals surface area contributed by atoms with E-state index in [1.165, 1.54) is 0 Å². The fourth-order valence-electron chi connectivity index (χ4n) is 2.50. The van der Waals surface area contributed by atoms with Gasteiger partial charge in [0, 0.05) is 54.0 Å². The van der Waals surface area contributed by atoms with Crippen molar-refractivity contribution in [3.05, 3.63) is 40.4 Å². The lowest BCUT2D eigenvalue weighted by Crippen LogP contribution is -2.46. The van der Waals surface area contributed by atoms with E-state index in [-0.39, 0.29) is 6.61 Å². The van der Waals surface area contributed by atoms with Crippen LogP contribution in [0.5, 0.6) is 0 Å². The molecule has 6 heteroatoms. The number of anilines is 2. The molecule has 4 nitrogen and oxygen atoms in total. The summed E-state index contributed by atoms with van der Waals surface area (Å²) in [6.45, 7) is 3.76. The minimum Gasteiger partial charge on any atom is -0.392 e. The Bertz CT molecular complexity index is 568. The van der Waals surface area contributed by atoms with Crippen molar-refractivity contribution in [3.63, 3.8) is 0 Å². The highest BCUT2D eigenvalue weighted by molar-refractivity contribution is 7.13. The van der Waals surface area contributed by atoms with Crippen LogP contribution in [-0.4, -0.2) is 36.3 Å². The Labute approximate surface area is 127 Å². The second-order valence-corrected chi connectivity index (χ2v) is 6.03. The maximum Gasteiger partial charge on any atom is 0.185 e. The van der Waals surface area contributed by atoms with Crippen molar-refractivity contribution in [3.8, 4) is 0 Å². The van der Waals surface area contributed by atoms with Crippen LogP contribution < -0.4 is 9.80 Å². The first-order chi connectivity index (χ1) is 9.78. The van der Waals surface area contributed by atoms with Crippen molar-refractivity contribution in [2.75, 3.05) is 36.0 Å². The molecule has 0 saturated carbocycles. The van der Waals surface area contributed by atoms with Crippen molar-refractivity contribution in [1.82, 2.24) is 4.98 Å². The summed E-state index contributed by atoms with van der Waals surface area (Å²) in [6.07, 6.45) is 1.84. The van der Waals surface area contributed by atoms with E-state index in [4.69, 9.17) is 11.6 Å². The number of halogens is 1. The van der Waals surface area contributed by atoms with Gasteiger partial charge in [-0.3, -0.25) is 0 Å². The van der Waals surface area contributed by atoms with Gasteiger partial charge in [0.2, 0.25) is 0 Å². The van der Waals surface area contributed by atoms with Crippen LogP contribution in [-0.2, 0) is 6.61 Å². The molecule has 0 unspecified atom stereocenters. The van der Waals surface area contributed by atoms with E-state index < -0.39 is 0 Å². The monoisotopic (exact) mass is 309 g/mol. The van der Waals surface area contributed by atoms with Crippen LogP contribution in [0, 0.1) is 0 Å². The van der Waals surface area contributed by atoms with Gasteiger partial charge in [-0.25, -0.2) is 4.98 Å². The molecule has 1 aliphatic heterocycles. The van der Waals surface area contributed by atoms with Gasteiger partial charge in [-0.2, -0.15) is 0 Å². The van der Waals surface area contributed by atoms with Gasteiger partial charge < -0.3 is 14.9 Å². The number of rotatable bonds is 3. The molecule has 2 heterocycles. The Balaban J connectivity index is 1.72. The van der Waals surface area contributed by atoms with Crippen molar-refractivity contribution in [2.24, 2.45) is 0 Å². The second kappa shape index (κ2) is 5.99. The van der Waals surface area contributed by atoms with Gasteiger partial charge in [0.05, 0.1) is 6.61 Å². The lowest BCUT2D eigenvalue weighted by atomic mass is 10.1. The van der Waals surface area contributed by atoms with Gasteiger partial charge in [0.25, 0.3) is 0 Å². The molecule has 0 aliphatic carbocycles. The standard InChI is InChI=1S/C14H16ClN3OS/c15-12-1-2-13(11(9-12)10-19)17-4-6-18(7-5-17)14-16-3-8-20-14/h1-3,8-9,19H,4-7,10H2. The number of piperazine rings is 1.